The van der Waals surface area contributed by atoms with Gasteiger partial charge in [-0.05, 0) is 24.7 Å². The first-order valence-corrected chi connectivity index (χ1v) is 8.33. The maximum atomic E-state index is 12.5. The molecule has 0 unspecified atom stereocenters. The number of hydrogen-bond acceptors (Lipinski definition) is 5. The molecule has 20 heavy (non-hydrogen) atoms. The highest BCUT2D eigenvalue weighted by Crippen LogP contribution is 2.31. The van der Waals surface area contributed by atoms with Gasteiger partial charge in [0.05, 0.1) is 6.42 Å². The number of nitrogens with zero attached hydrogens (tertiary/aromatic N) is 3. The summed E-state index contributed by atoms with van der Waals surface area (Å²) in [6.07, 6.45) is 4.80. The van der Waals surface area contributed by atoms with Crippen LogP contribution in [0.5, 0.6) is 0 Å². The third kappa shape index (κ3) is 3.01. The molecular weight excluding hydrogens is 272 g/mol. The summed E-state index contributed by atoms with van der Waals surface area (Å²) >= 11 is 1.65. The van der Waals surface area contributed by atoms with E-state index in [4.69, 9.17) is 5.73 Å². The van der Waals surface area contributed by atoms with Gasteiger partial charge in [0.15, 0.2) is 5.17 Å². The van der Waals surface area contributed by atoms with Crippen LogP contribution in [0.1, 0.15) is 32.1 Å². The number of thioether (sulfide) groups is 1. The van der Waals surface area contributed by atoms with E-state index in [0.29, 0.717) is 13.0 Å². The summed E-state index contributed by atoms with van der Waals surface area (Å²) in [6, 6.07) is 0.139. The van der Waals surface area contributed by atoms with E-state index in [1.54, 1.807) is 11.8 Å². The normalized spacial score (nSPS) is 26.8. The molecule has 1 saturated heterocycles. The van der Waals surface area contributed by atoms with E-state index in [-0.39, 0.29) is 11.9 Å². The molecular formula is C14H22N4OS. The Balaban J connectivity index is 1.61. The number of aliphatic imine (C=N–C) groups is 1. The molecule has 3 aliphatic heterocycles. The SMILES string of the molecule is N[C@H]1CCCCN(C(=O)CC2=CSC3=NCCCN23)C1. The van der Waals surface area contributed by atoms with Gasteiger partial charge in [-0.1, -0.05) is 18.2 Å². The summed E-state index contributed by atoms with van der Waals surface area (Å²) in [5.41, 5.74) is 7.14. The lowest BCUT2D eigenvalue weighted by molar-refractivity contribution is -0.130. The molecule has 5 nitrogen and oxygen atoms in total. The third-order valence-corrected chi connectivity index (χ3v) is 5.01. The first kappa shape index (κ1) is 13.9. The van der Waals surface area contributed by atoms with Crippen molar-refractivity contribution in [2.75, 3.05) is 26.2 Å². The number of likely N-dealkylation sites (tertiary alicyclic amines) is 1. The lowest BCUT2D eigenvalue weighted by atomic mass is 10.1. The Morgan fingerprint density at radius 1 is 1.40 bits per heavy atom. The van der Waals surface area contributed by atoms with Crippen LogP contribution in [0.3, 0.4) is 0 Å². The maximum absolute atomic E-state index is 12.5. The molecule has 6 heteroatoms. The van der Waals surface area contributed by atoms with Gasteiger partial charge in [-0.15, -0.1) is 0 Å². The van der Waals surface area contributed by atoms with Crippen LogP contribution < -0.4 is 5.73 Å². The van der Waals surface area contributed by atoms with E-state index in [1.165, 1.54) is 0 Å². The van der Waals surface area contributed by atoms with Crippen molar-refractivity contribution < 1.29 is 4.79 Å². The number of carbonyl (C=O) groups excluding carboxylic acids is 1. The van der Waals surface area contributed by atoms with Crippen LogP contribution in [0.25, 0.3) is 0 Å². The minimum atomic E-state index is 0.139. The predicted molar refractivity (Wildman–Crippen MR) is 82.3 cm³/mol. The van der Waals surface area contributed by atoms with Gasteiger partial charge in [0.2, 0.25) is 5.91 Å². The Bertz CT molecular complexity index is 448. The van der Waals surface area contributed by atoms with Gasteiger partial charge < -0.3 is 15.5 Å². The van der Waals surface area contributed by atoms with Gasteiger partial charge in [-0.2, -0.15) is 0 Å². The van der Waals surface area contributed by atoms with E-state index >= 15 is 0 Å². The monoisotopic (exact) mass is 294 g/mol. The van der Waals surface area contributed by atoms with Gasteiger partial charge in [-0.3, -0.25) is 9.79 Å². The average molecular weight is 294 g/mol. The lowest BCUT2D eigenvalue weighted by Crippen LogP contribution is -2.40. The number of carbonyl (C=O) groups is 1. The van der Waals surface area contributed by atoms with Crippen LogP contribution in [0.15, 0.2) is 16.1 Å². The van der Waals surface area contributed by atoms with Crippen molar-refractivity contribution in [1.82, 2.24) is 9.80 Å². The molecule has 2 N–H and O–H groups in total. The van der Waals surface area contributed by atoms with Crippen molar-refractivity contribution in [1.29, 1.82) is 0 Å². The first-order chi connectivity index (χ1) is 9.74. The minimum Gasteiger partial charge on any atom is -0.341 e. The molecule has 0 aliphatic carbocycles. The number of hydrogen-bond donors (Lipinski definition) is 1. The van der Waals surface area contributed by atoms with Crippen molar-refractivity contribution in [2.24, 2.45) is 10.7 Å². The molecule has 0 aromatic carbocycles. The number of amides is 1. The Kier molecular flexibility index (Phi) is 4.31. The van der Waals surface area contributed by atoms with Crippen LogP contribution in [0, 0.1) is 0 Å². The topological polar surface area (TPSA) is 61.9 Å². The van der Waals surface area contributed by atoms with Crippen LogP contribution in [0.4, 0.5) is 0 Å². The second-order valence-corrected chi connectivity index (χ2v) is 6.51. The Labute approximate surface area is 124 Å². The number of amidine groups is 1. The summed E-state index contributed by atoms with van der Waals surface area (Å²) in [5, 5.41) is 3.14. The summed E-state index contributed by atoms with van der Waals surface area (Å²) < 4.78 is 0. The fourth-order valence-electron chi connectivity index (χ4n) is 2.94. The zero-order chi connectivity index (χ0) is 13.9. The zero-order valence-corrected chi connectivity index (χ0v) is 12.6. The Hall–Kier alpha value is -1.01. The van der Waals surface area contributed by atoms with Crippen LogP contribution in [-0.4, -0.2) is 53.1 Å². The first-order valence-electron chi connectivity index (χ1n) is 7.45. The van der Waals surface area contributed by atoms with Crippen LogP contribution in [-0.2, 0) is 4.79 Å². The number of rotatable bonds is 2. The quantitative estimate of drug-likeness (QED) is 0.835. The van der Waals surface area contributed by atoms with E-state index < -0.39 is 0 Å². The predicted octanol–water partition coefficient (Wildman–Crippen LogP) is 1.37. The van der Waals surface area contributed by atoms with Gasteiger partial charge in [0.25, 0.3) is 0 Å². The zero-order valence-electron chi connectivity index (χ0n) is 11.8. The largest absolute Gasteiger partial charge is 0.341 e. The van der Waals surface area contributed by atoms with Gasteiger partial charge in [0.1, 0.15) is 0 Å². The molecule has 0 aromatic rings. The fourth-order valence-corrected chi connectivity index (χ4v) is 3.90. The summed E-state index contributed by atoms with van der Waals surface area (Å²) in [7, 11) is 0. The molecule has 3 aliphatic rings. The van der Waals surface area contributed by atoms with Gasteiger partial charge in [-0.25, -0.2) is 0 Å². The summed E-state index contributed by atoms with van der Waals surface area (Å²) in [4.78, 5) is 21.1. The van der Waals surface area contributed by atoms with E-state index in [9.17, 15) is 4.79 Å². The van der Waals surface area contributed by atoms with E-state index in [0.717, 1.165) is 56.2 Å². The van der Waals surface area contributed by atoms with Crippen molar-refractivity contribution in [3.05, 3.63) is 11.1 Å². The van der Waals surface area contributed by atoms with Crippen LogP contribution >= 0.6 is 11.8 Å². The molecule has 110 valence electrons. The molecule has 0 spiro atoms. The standard InChI is InChI=1S/C14H22N4OS/c15-11-4-1-2-6-17(9-11)13(19)8-12-10-20-14-16-5-3-7-18(12)14/h10-11H,1-9,15H2/t11-/m0/s1. The lowest BCUT2D eigenvalue weighted by Gasteiger charge is -2.27. The molecule has 0 bridgehead atoms. The molecule has 1 atom stereocenters. The maximum Gasteiger partial charge on any atom is 0.228 e. The molecule has 3 heterocycles. The smallest absolute Gasteiger partial charge is 0.228 e. The second kappa shape index (κ2) is 6.18. The summed E-state index contributed by atoms with van der Waals surface area (Å²) in [6.45, 7) is 3.47. The molecule has 0 radical (unpaired) electrons. The van der Waals surface area contributed by atoms with Gasteiger partial charge in [0, 0.05) is 37.9 Å². The Morgan fingerprint density at radius 3 is 3.20 bits per heavy atom. The summed E-state index contributed by atoms with van der Waals surface area (Å²) in [5.74, 6) is 0.209. The number of nitrogens with two attached hydrogens (primary N) is 1. The molecule has 1 fully saturated rings. The molecule has 0 aromatic heterocycles. The number of fused-ring (bicyclic) bond motifs is 1. The van der Waals surface area contributed by atoms with Gasteiger partial charge >= 0.3 is 0 Å². The fraction of sp³-hybridized carbons (Fsp3) is 0.714. The van der Waals surface area contributed by atoms with Crippen molar-refractivity contribution >= 4 is 22.8 Å². The van der Waals surface area contributed by atoms with Crippen molar-refractivity contribution in [2.45, 2.75) is 38.1 Å². The Morgan fingerprint density at radius 2 is 2.30 bits per heavy atom. The van der Waals surface area contributed by atoms with E-state index in [1.807, 2.05) is 4.90 Å². The highest BCUT2D eigenvalue weighted by molar-refractivity contribution is 8.16. The highest BCUT2D eigenvalue weighted by Gasteiger charge is 2.28. The van der Waals surface area contributed by atoms with Crippen molar-refractivity contribution in [3.8, 4) is 0 Å². The molecule has 1 amide bonds. The average Bonchev–Trinajstić information content (AvgIpc) is 2.72. The second-order valence-electron chi connectivity index (χ2n) is 5.67. The molecule has 3 rings (SSSR count). The van der Waals surface area contributed by atoms with E-state index in [2.05, 4.69) is 15.3 Å². The van der Waals surface area contributed by atoms with Crippen LogP contribution in [0.2, 0.25) is 0 Å². The highest BCUT2D eigenvalue weighted by atomic mass is 32.2. The minimum absolute atomic E-state index is 0.139. The molecule has 0 saturated carbocycles. The third-order valence-electron chi connectivity index (χ3n) is 4.06. The van der Waals surface area contributed by atoms with Crippen molar-refractivity contribution in [3.63, 3.8) is 0 Å².